The van der Waals surface area contributed by atoms with Gasteiger partial charge in [0.1, 0.15) is 5.76 Å². The zero-order chi connectivity index (χ0) is 7.14. The molecule has 10 heavy (non-hydrogen) atoms. The van der Waals surface area contributed by atoms with Crippen molar-refractivity contribution in [2.75, 3.05) is 6.54 Å². The zero-order valence-electron chi connectivity index (χ0n) is 5.83. The summed E-state index contributed by atoms with van der Waals surface area (Å²) in [6.45, 7) is 2.60. The van der Waals surface area contributed by atoms with E-state index in [9.17, 15) is 4.79 Å². The van der Waals surface area contributed by atoms with E-state index in [-0.39, 0.29) is 12.1 Å². The second kappa shape index (κ2) is 1.75. The van der Waals surface area contributed by atoms with Gasteiger partial charge in [0.05, 0.1) is 13.0 Å². The topological polar surface area (TPSA) is 29.5 Å². The molecule has 0 aromatic heterocycles. The van der Waals surface area contributed by atoms with E-state index in [1.807, 2.05) is 13.0 Å². The fourth-order valence-corrected chi connectivity index (χ4v) is 1.26. The van der Waals surface area contributed by atoms with Crippen molar-refractivity contribution in [2.45, 2.75) is 19.6 Å². The van der Waals surface area contributed by atoms with Crippen LogP contribution in [0, 0.1) is 0 Å². The SMILES string of the molecule is CC=C1CN2C(=O)C[C@H]2O1. The molecule has 3 heteroatoms. The minimum atomic E-state index is 0.0682. The van der Waals surface area contributed by atoms with Gasteiger partial charge in [-0.25, -0.2) is 0 Å². The van der Waals surface area contributed by atoms with Gasteiger partial charge in [0.25, 0.3) is 0 Å². The largest absolute Gasteiger partial charge is 0.473 e. The van der Waals surface area contributed by atoms with Crippen LogP contribution in [0.1, 0.15) is 13.3 Å². The molecule has 54 valence electrons. The van der Waals surface area contributed by atoms with Crippen molar-refractivity contribution in [2.24, 2.45) is 0 Å². The molecule has 2 saturated heterocycles. The number of allylic oxidation sites excluding steroid dienone is 1. The van der Waals surface area contributed by atoms with Gasteiger partial charge in [-0.3, -0.25) is 9.69 Å². The van der Waals surface area contributed by atoms with E-state index in [4.69, 9.17) is 4.74 Å². The first-order chi connectivity index (χ1) is 4.81. The summed E-state index contributed by atoms with van der Waals surface area (Å²) < 4.78 is 5.35. The van der Waals surface area contributed by atoms with Crippen molar-refractivity contribution < 1.29 is 9.53 Å². The van der Waals surface area contributed by atoms with Crippen LogP contribution in [0.5, 0.6) is 0 Å². The highest BCUT2D eigenvalue weighted by Crippen LogP contribution is 2.30. The van der Waals surface area contributed by atoms with Crippen LogP contribution in [0.15, 0.2) is 11.8 Å². The molecule has 2 fully saturated rings. The predicted octanol–water partition coefficient (Wildman–Crippen LogP) is 0.479. The number of ether oxygens (including phenoxy) is 1. The van der Waals surface area contributed by atoms with E-state index in [2.05, 4.69) is 0 Å². The predicted molar refractivity (Wildman–Crippen MR) is 35.0 cm³/mol. The maximum atomic E-state index is 10.8. The number of rotatable bonds is 0. The first-order valence-electron chi connectivity index (χ1n) is 3.42. The smallest absolute Gasteiger partial charge is 0.231 e. The number of amides is 1. The first-order valence-corrected chi connectivity index (χ1v) is 3.42. The van der Waals surface area contributed by atoms with Crippen molar-refractivity contribution in [3.8, 4) is 0 Å². The third kappa shape index (κ3) is 0.574. The Balaban J connectivity index is 2.12. The molecular weight excluding hydrogens is 130 g/mol. The summed E-state index contributed by atoms with van der Waals surface area (Å²) in [5, 5.41) is 0. The summed E-state index contributed by atoms with van der Waals surface area (Å²) in [5.74, 6) is 1.14. The lowest BCUT2D eigenvalue weighted by atomic mass is 10.2. The molecule has 0 bridgehead atoms. The van der Waals surface area contributed by atoms with Crippen LogP contribution in [0.25, 0.3) is 0 Å². The Morgan fingerprint density at radius 2 is 2.60 bits per heavy atom. The van der Waals surface area contributed by atoms with Crippen molar-refractivity contribution in [1.82, 2.24) is 4.90 Å². The Bertz CT molecular complexity index is 210. The minimum Gasteiger partial charge on any atom is -0.473 e. The highest BCUT2D eigenvalue weighted by Gasteiger charge is 2.43. The molecule has 2 aliphatic heterocycles. The van der Waals surface area contributed by atoms with Gasteiger partial charge in [-0.15, -0.1) is 0 Å². The standard InChI is InChI=1S/C7H9NO2/c1-2-5-4-8-6(9)3-7(8)10-5/h2,7H,3-4H2,1H3/t7-/m1/s1. The van der Waals surface area contributed by atoms with Gasteiger partial charge in [0.2, 0.25) is 5.91 Å². The van der Waals surface area contributed by atoms with Crippen LogP contribution in [-0.4, -0.2) is 23.6 Å². The number of nitrogens with zero attached hydrogens (tertiary/aromatic N) is 1. The fraction of sp³-hybridized carbons (Fsp3) is 0.571. The van der Waals surface area contributed by atoms with E-state index < -0.39 is 0 Å². The van der Waals surface area contributed by atoms with Crippen molar-refractivity contribution in [3.63, 3.8) is 0 Å². The van der Waals surface area contributed by atoms with Gasteiger partial charge < -0.3 is 4.74 Å². The van der Waals surface area contributed by atoms with Crippen LogP contribution in [-0.2, 0) is 9.53 Å². The molecule has 0 saturated carbocycles. The van der Waals surface area contributed by atoms with Gasteiger partial charge in [-0.1, -0.05) is 0 Å². The minimum absolute atomic E-state index is 0.0682. The first kappa shape index (κ1) is 5.77. The van der Waals surface area contributed by atoms with E-state index in [1.165, 1.54) is 0 Å². The maximum Gasteiger partial charge on any atom is 0.231 e. The van der Waals surface area contributed by atoms with Gasteiger partial charge in [-0.2, -0.15) is 0 Å². The third-order valence-electron chi connectivity index (χ3n) is 1.95. The van der Waals surface area contributed by atoms with Crippen molar-refractivity contribution >= 4 is 5.91 Å². The molecule has 1 atom stereocenters. The number of fused-ring (bicyclic) bond motifs is 1. The number of hydrogen-bond acceptors (Lipinski definition) is 2. The molecule has 0 aromatic rings. The van der Waals surface area contributed by atoms with Crippen molar-refractivity contribution in [3.05, 3.63) is 11.8 Å². The molecular formula is C7H9NO2. The van der Waals surface area contributed by atoms with Gasteiger partial charge in [0.15, 0.2) is 6.23 Å². The van der Waals surface area contributed by atoms with E-state index in [0.29, 0.717) is 13.0 Å². The molecule has 0 unspecified atom stereocenters. The molecule has 1 amide bonds. The van der Waals surface area contributed by atoms with Gasteiger partial charge in [0, 0.05) is 0 Å². The van der Waals surface area contributed by atoms with E-state index in [0.717, 1.165) is 5.76 Å². The number of β-lactam (4-membered cyclic amide) rings is 1. The van der Waals surface area contributed by atoms with E-state index >= 15 is 0 Å². The lowest BCUT2D eigenvalue weighted by Crippen LogP contribution is -2.48. The monoisotopic (exact) mass is 139 g/mol. The molecule has 0 spiro atoms. The Morgan fingerprint density at radius 1 is 1.80 bits per heavy atom. The summed E-state index contributed by atoms with van der Waals surface area (Å²) in [6, 6.07) is 0. The zero-order valence-corrected chi connectivity index (χ0v) is 5.83. The normalized spacial score (nSPS) is 33.7. The van der Waals surface area contributed by atoms with Crippen LogP contribution < -0.4 is 0 Å². The Hall–Kier alpha value is -0.990. The average molecular weight is 139 g/mol. The third-order valence-corrected chi connectivity index (χ3v) is 1.95. The summed E-state index contributed by atoms with van der Waals surface area (Å²) >= 11 is 0. The number of carbonyl (C=O) groups is 1. The van der Waals surface area contributed by atoms with Crippen LogP contribution in [0.2, 0.25) is 0 Å². The summed E-state index contributed by atoms with van der Waals surface area (Å²) in [5.41, 5.74) is 0. The van der Waals surface area contributed by atoms with Crippen LogP contribution in [0.4, 0.5) is 0 Å². The lowest BCUT2D eigenvalue weighted by molar-refractivity contribution is -0.154. The van der Waals surface area contributed by atoms with Crippen LogP contribution in [0.3, 0.4) is 0 Å². The second-order valence-corrected chi connectivity index (χ2v) is 2.55. The quantitative estimate of drug-likeness (QED) is 0.457. The van der Waals surface area contributed by atoms with E-state index in [1.54, 1.807) is 4.90 Å². The lowest BCUT2D eigenvalue weighted by Gasteiger charge is -2.30. The number of hydrogen-bond donors (Lipinski definition) is 0. The average Bonchev–Trinajstić information content (AvgIpc) is 2.26. The summed E-state index contributed by atoms with van der Waals surface area (Å²) in [7, 11) is 0. The maximum absolute atomic E-state index is 10.8. The highest BCUT2D eigenvalue weighted by atomic mass is 16.5. The van der Waals surface area contributed by atoms with Crippen molar-refractivity contribution in [1.29, 1.82) is 0 Å². The summed E-state index contributed by atoms with van der Waals surface area (Å²) in [4.78, 5) is 12.5. The molecule has 0 N–H and O–H groups in total. The second-order valence-electron chi connectivity index (χ2n) is 2.55. The Kier molecular flexibility index (Phi) is 1.01. The summed E-state index contributed by atoms with van der Waals surface area (Å²) in [6.07, 6.45) is 2.54. The Morgan fingerprint density at radius 3 is 3.10 bits per heavy atom. The Labute approximate surface area is 59.3 Å². The molecule has 0 radical (unpaired) electrons. The number of carbonyl (C=O) groups excluding carboxylic acids is 1. The molecule has 2 aliphatic rings. The molecule has 2 heterocycles. The van der Waals surface area contributed by atoms with Gasteiger partial charge in [-0.05, 0) is 13.0 Å². The highest BCUT2D eigenvalue weighted by molar-refractivity contribution is 5.83. The molecule has 2 rings (SSSR count). The van der Waals surface area contributed by atoms with Gasteiger partial charge >= 0.3 is 0 Å². The van der Waals surface area contributed by atoms with Crippen LogP contribution >= 0.6 is 0 Å². The molecule has 3 nitrogen and oxygen atoms in total. The fourth-order valence-electron chi connectivity index (χ4n) is 1.26. The molecule has 0 aromatic carbocycles. The molecule has 0 aliphatic carbocycles.